The highest BCUT2D eigenvalue weighted by Crippen LogP contribution is 2.32. The zero-order valence-corrected chi connectivity index (χ0v) is 26.9. The number of carbonyl (C=O) groups excluding carboxylic acids is 2. The van der Waals surface area contributed by atoms with Crippen LogP contribution in [0.15, 0.2) is 71.6 Å². The number of methoxy groups -OCH3 is 3. The standard InChI is InChI=1S/C32H40FN3O7S/c1-8-27(31(38)34-32(2,3)4)35(20-22-9-15-25(41-5)16-10-22)30(37)21-36(24-13-11-23(33)12-14-24)44(39,40)26-17-18-28(42-6)29(19-26)43-7/h9-19,27H,8,20-21H2,1-7H3,(H,34,38)/t27-/m1/s1. The lowest BCUT2D eigenvalue weighted by Gasteiger charge is -2.34. The number of anilines is 1. The van der Waals surface area contributed by atoms with Crippen molar-refractivity contribution in [3.63, 3.8) is 0 Å². The van der Waals surface area contributed by atoms with Gasteiger partial charge < -0.3 is 24.4 Å². The summed E-state index contributed by atoms with van der Waals surface area (Å²) in [6.07, 6.45) is 0.267. The minimum atomic E-state index is -4.41. The van der Waals surface area contributed by atoms with Crippen LogP contribution in [0, 0.1) is 5.82 Å². The number of sulfonamides is 1. The van der Waals surface area contributed by atoms with Crippen LogP contribution in [0.3, 0.4) is 0 Å². The summed E-state index contributed by atoms with van der Waals surface area (Å²) in [5, 5.41) is 2.93. The molecule has 44 heavy (non-hydrogen) atoms. The third kappa shape index (κ3) is 8.40. The maximum absolute atomic E-state index is 14.2. The molecule has 3 aromatic rings. The molecule has 0 aromatic heterocycles. The summed E-state index contributed by atoms with van der Waals surface area (Å²) in [4.78, 5) is 28.8. The number of amides is 2. The number of halogens is 1. The fourth-order valence-corrected chi connectivity index (χ4v) is 5.97. The molecule has 10 nitrogen and oxygen atoms in total. The molecule has 238 valence electrons. The van der Waals surface area contributed by atoms with Crippen molar-refractivity contribution >= 4 is 27.5 Å². The molecule has 0 aliphatic rings. The molecule has 0 bridgehead atoms. The molecule has 0 aliphatic heterocycles. The van der Waals surface area contributed by atoms with Crippen molar-refractivity contribution in [3.05, 3.63) is 78.1 Å². The van der Waals surface area contributed by atoms with E-state index < -0.39 is 39.9 Å². The fourth-order valence-electron chi connectivity index (χ4n) is 4.54. The molecule has 0 unspecified atom stereocenters. The maximum Gasteiger partial charge on any atom is 0.264 e. The van der Waals surface area contributed by atoms with Gasteiger partial charge in [0.1, 0.15) is 24.2 Å². The molecule has 0 saturated heterocycles. The highest BCUT2D eigenvalue weighted by molar-refractivity contribution is 7.92. The van der Waals surface area contributed by atoms with Crippen LogP contribution in [0.1, 0.15) is 39.7 Å². The van der Waals surface area contributed by atoms with Gasteiger partial charge in [-0.1, -0.05) is 19.1 Å². The summed E-state index contributed by atoms with van der Waals surface area (Å²) in [6.45, 7) is 6.63. The number of hydrogen-bond acceptors (Lipinski definition) is 7. The number of ether oxygens (including phenoxy) is 3. The topological polar surface area (TPSA) is 114 Å². The van der Waals surface area contributed by atoms with Gasteiger partial charge in [0.25, 0.3) is 10.0 Å². The second kappa shape index (κ2) is 14.4. The van der Waals surface area contributed by atoms with Crippen LogP contribution in [0.4, 0.5) is 10.1 Å². The summed E-state index contributed by atoms with van der Waals surface area (Å²) < 4.78 is 58.8. The largest absolute Gasteiger partial charge is 0.497 e. The number of nitrogens with one attached hydrogen (secondary N) is 1. The van der Waals surface area contributed by atoms with E-state index in [2.05, 4.69) is 5.32 Å². The second-order valence-electron chi connectivity index (χ2n) is 11.0. The average Bonchev–Trinajstić information content (AvgIpc) is 2.99. The van der Waals surface area contributed by atoms with Crippen molar-refractivity contribution < 1.29 is 36.6 Å². The number of nitrogens with zero attached hydrogens (tertiary/aromatic N) is 2. The van der Waals surface area contributed by atoms with Gasteiger partial charge in [-0.2, -0.15) is 0 Å². The highest BCUT2D eigenvalue weighted by atomic mass is 32.2. The molecular formula is C32H40FN3O7S. The van der Waals surface area contributed by atoms with E-state index in [1.165, 1.54) is 56.6 Å². The van der Waals surface area contributed by atoms with E-state index >= 15 is 0 Å². The Morgan fingerprint density at radius 3 is 2.02 bits per heavy atom. The molecule has 0 spiro atoms. The maximum atomic E-state index is 14.2. The Kier molecular flexibility index (Phi) is 11.2. The van der Waals surface area contributed by atoms with Crippen LogP contribution in [0.2, 0.25) is 0 Å². The van der Waals surface area contributed by atoms with Crippen LogP contribution in [-0.2, 0) is 26.2 Å². The number of rotatable bonds is 13. The van der Waals surface area contributed by atoms with Gasteiger partial charge >= 0.3 is 0 Å². The fraction of sp³-hybridized carbons (Fsp3) is 0.375. The minimum Gasteiger partial charge on any atom is -0.497 e. The van der Waals surface area contributed by atoms with Gasteiger partial charge in [-0.25, -0.2) is 12.8 Å². The van der Waals surface area contributed by atoms with Crippen molar-refractivity contribution in [2.24, 2.45) is 0 Å². The summed E-state index contributed by atoms with van der Waals surface area (Å²) in [7, 11) is -0.0678. The molecule has 2 amide bonds. The Morgan fingerprint density at radius 2 is 1.50 bits per heavy atom. The second-order valence-corrected chi connectivity index (χ2v) is 12.9. The lowest BCUT2D eigenvalue weighted by Crippen LogP contribution is -2.55. The van der Waals surface area contributed by atoms with E-state index in [0.29, 0.717) is 17.1 Å². The lowest BCUT2D eigenvalue weighted by molar-refractivity contribution is -0.141. The normalized spacial score (nSPS) is 12.2. The summed E-state index contributed by atoms with van der Waals surface area (Å²) >= 11 is 0. The Bertz CT molecular complexity index is 1540. The highest BCUT2D eigenvalue weighted by Gasteiger charge is 2.35. The zero-order chi connectivity index (χ0) is 32.7. The van der Waals surface area contributed by atoms with Crippen molar-refractivity contribution in [2.45, 2.75) is 57.1 Å². The third-order valence-electron chi connectivity index (χ3n) is 6.73. The number of benzene rings is 3. The molecule has 12 heteroatoms. The predicted octanol–water partition coefficient (Wildman–Crippen LogP) is 4.77. The molecule has 3 aromatic carbocycles. The van der Waals surface area contributed by atoms with Crippen molar-refractivity contribution in [1.29, 1.82) is 0 Å². The Morgan fingerprint density at radius 1 is 0.886 bits per heavy atom. The molecular weight excluding hydrogens is 589 g/mol. The van der Waals surface area contributed by atoms with E-state index in [9.17, 15) is 22.4 Å². The minimum absolute atomic E-state index is 0.0204. The zero-order valence-electron chi connectivity index (χ0n) is 26.1. The summed E-state index contributed by atoms with van der Waals surface area (Å²) in [5.74, 6) is -0.479. The van der Waals surface area contributed by atoms with Gasteiger partial charge in [-0.3, -0.25) is 13.9 Å². The van der Waals surface area contributed by atoms with Gasteiger partial charge in [0, 0.05) is 18.2 Å². The van der Waals surface area contributed by atoms with Crippen LogP contribution in [0.5, 0.6) is 17.2 Å². The van der Waals surface area contributed by atoms with Crippen LogP contribution >= 0.6 is 0 Å². The first-order chi connectivity index (χ1) is 20.7. The molecule has 3 rings (SSSR count). The van der Waals surface area contributed by atoms with Crippen LogP contribution in [-0.4, -0.2) is 64.6 Å². The quantitative estimate of drug-likeness (QED) is 0.290. The molecule has 0 fully saturated rings. The van der Waals surface area contributed by atoms with Crippen LogP contribution < -0.4 is 23.8 Å². The monoisotopic (exact) mass is 629 g/mol. The number of hydrogen-bond donors (Lipinski definition) is 1. The molecule has 0 saturated carbocycles. The van der Waals surface area contributed by atoms with Crippen LogP contribution in [0.25, 0.3) is 0 Å². The van der Waals surface area contributed by atoms with E-state index in [1.54, 1.807) is 31.2 Å². The third-order valence-corrected chi connectivity index (χ3v) is 8.50. The van der Waals surface area contributed by atoms with Gasteiger partial charge in [0.15, 0.2) is 11.5 Å². The van der Waals surface area contributed by atoms with E-state index in [4.69, 9.17) is 14.2 Å². The predicted molar refractivity (Wildman–Crippen MR) is 166 cm³/mol. The van der Waals surface area contributed by atoms with E-state index in [-0.39, 0.29) is 35.2 Å². The van der Waals surface area contributed by atoms with Gasteiger partial charge in [0.2, 0.25) is 11.8 Å². The van der Waals surface area contributed by atoms with Gasteiger partial charge in [-0.15, -0.1) is 0 Å². The molecule has 0 radical (unpaired) electrons. The smallest absolute Gasteiger partial charge is 0.264 e. The van der Waals surface area contributed by atoms with Crippen molar-refractivity contribution in [2.75, 3.05) is 32.2 Å². The van der Waals surface area contributed by atoms with Crippen molar-refractivity contribution in [3.8, 4) is 17.2 Å². The molecule has 1 N–H and O–H groups in total. The first-order valence-corrected chi connectivity index (χ1v) is 15.4. The van der Waals surface area contributed by atoms with Gasteiger partial charge in [0.05, 0.1) is 31.9 Å². The first kappa shape index (κ1) is 34.2. The van der Waals surface area contributed by atoms with Crippen molar-refractivity contribution in [1.82, 2.24) is 10.2 Å². The summed E-state index contributed by atoms with van der Waals surface area (Å²) in [6, 6.07) is 14.9. The van der Waals surface area contributed by atoms with E-state index in [0.717, 1.165) is 16.4 Å². The number of carbonyl (C=O) groups is 2. The Balaban J connectivity index is 2.10. The SMILES string of the molecule is CC[C@H](C(=O)NC(C)(C)C)N(Cc1ccc(OC)cc1)C(=O)CN(c1ccc(F)cc1)S(=O)(=O)c1ccc(OC)c(OC)c1. The molecule has 0 heterocycles. The lowest BCUT2D eigenvalue weighted by atomic mass is 10.1. The first-order valence-electron chi connectivity index (χ1n) is 14.0. The Labute approximate surface area is 258 Å². The van der Waals surface area contributed by atoms with E-state index in [1.807, 2.05) is 20.8 Å². The Hall–Kier alpha value is -4.32. The average molecular weight is 630 g/mol. The molecule has 1 atom stereocenters. The molecule has 0 aliphatic carbocycles. The summed E-state index contributed by atoms with van der Waals surface area (Å²) in [5.41, 5.74) is 0.194. The van der Waals surface area contributed by atoms with Gasteiger partial charge in [-0.05, 0) is 81.3 Å².